The molecule has 9 rings (SSSR count). The molecule has 0 aliphatic rings. The highest BCUT2D eigenvalue weighted by Gasteiger charge is 2.18. The van der Waals surface area contributed by atoms with Crippen LogP contribution in [0.3, 0.4) is 0 Å². The van der Waals surface area contributed by atoms with Crippen LogP contribution < -0.4 is 0 Å². The molecule has 46 heavy (non-hydrogen) atoms. The molecule has 3 heteroatoms. The molecule has 0 aliphatic carbocycles. The molecule has 6 aromatic carbocycles. The zero-order chi connectivity index (χ0) is 30.5. The molecule has 3 heterocycles. The van der Waals surface area contributed by atoms with Gasteiger partial charge in [0.2, 0.25) is 0 Å². The van der Waals surface area contributed by atoms with Crippen LogP contribution in [0.2, 0.25) is 0 Å². The van der Waals surface area contributed by atoms with Gasteiger partial charge in [0.15, 0.2) is 0 Å². The lowest BCUT2D eigenvalue weighted by Gasteiger charge is -2.11. The van der Waals surface area contributed by atoms with Gasteiger partial charge < -0.3 is 4.57 Å². The summed E-state index contributed by atoms with van der Waals surface area (Å²) in [6.45, 7) is 0. The molecule has 216 valence electrons. The third-order valence-corrected chi connectivity index (χ3v) is 8.96. The van der Waals surface area contributed by atoms with Crippen LogP contribution in [0.15, 0.2) is 176 Å². The first-order chi connectivity index (χ1) is 22.8. The van der Waals surface area contributed by atoms with Crippen molar-refractivity contribution >= 4 is 27.5 Å². The smallest absolute Gasteiger partial charge is 0.137 e. The summed E-state index contributed by atoms with van der Waals surface area (Å²) in [5.74, 6) is 0. The number of hydrogen-bond acceptors (Lipinski definition) is 1. The Bertz CT molecular complexity index is 2390. The summed E-state index contributed by atoms with van der Waals surface area (Å²) < 4.78 is 4.58. The maximum atomic E-state index is 5.04. The maximum absolute atomic E-state index is 5.04. The van der Waals surface area contributed by atoms with Crippen LogP contribution >= 0.6 is 0 Å². The molecule has 9 aromatic rings. The maximum Gasteiger partial charge on any atom is 0.137 e. The van der Waals surface area contributed by atoms with Gasteiger partial charge in [-0.1, -0.05) is 121 Å². The van der Waals surface area contributed by atoms with Gasteiger partial charge in [-0.25, -0.2) is 4.98 Å². The number of nitrogens with zero attached hydrogens (tertiary/aromatic N) is 3. The molecule has 0 amide bonds. The van der Waals surface area contributed by atoms with Gasteiger partial charge in [-0.2, -0.15) is 0 Å². The molecule has 0 atom stereocenters. The van der Waals surface area contributed by atoms with Crippen molar-refractivity contribution in [1.29, 1.82) is 0 Å². The van der Waals surface area contributed by atoms with E-state index < -0.39 is 0 Å². The largest absolute Gasteiger partial charge is 0.309 e. The zero-order valence-corrected chi connectivity index (χ0v) is 25.1. The van der Waals surface area contributed by atoms with Crippen molar-refractivity contribution in [3.8, 4) is 50.5 Å². The van der Waals surface area contributed by atoms with Crippen LogP contribution in [0.5, 0.6) is 0 Å². The highest BCUT2D eigenvalue weighted by atomic mass is 15.0. The van der Waals surface area contributed by atoms with Gasteiger partial charge in [0.25, 0.3) is 0 Å². The Labute approximate surface area is 267 Å². The second-order valence-corrected chi connectivity index (χ2v) is 11.7. The SMILES string of the molecule is c1ccc(-c2ccc3c(c2)c2cc(-c4ccccc4)ccc2n3-c2ccc(-c3c(-c4ccccc4)nc4ccccn34)cc2)cc1. The molecule has 0 radical (unpaired) electrons. The highest BCUT2D eigenvalue weighted by Crippen LogP contribution is 2.38. The number of fused-ring (bicyclic) bond motifs is 4. The average Bonchev–Trinajstić information content (AvgIpc) is 3.68. The molecule has 3 aromatic heterocycles. The van der Waals surface area contributed by atoms with Crippen molar-refractivity contribution in [1.82, 2.24) is 14.0 Å². The summed E-state index contributed by atoms with van der Waals surface area (Å²) in [7, 11) is 0. The molecule has 0 N–H and O–H groups in total. The lowest BCUT2D eigenvalue weighted by Crippen LogP contribution is -1.95. The van der Waals surface area contributed by atoms with Crippen molar-refractivity contribution < 1.29 is 0 Å². The lowest BCUT2D eigenvalue weighted by molar-refractivity contribution is 1.17. The number of rotatable bonds is 5. The summed E-state index contributed by atoms with van der Waals surface area (Å²) in [5, 5.41) is 2.48. The Morgan fingerprint density at radius 2 is 0.891 bits per heavy atom. The van der Waals surface area contributed by atoms with Gasteiger partial charge in [0, 0.05) is 33.8 Å². The fourth-order valence-corrected chi connectivity index (χ4v) is 6.76. The van der Waals surface area contributed by atoms with E-state index in [9.17, 15) is 0 Å². The summed E-state index contributed by atoms with van der Waals surface area (Å²) in [5.41, 5.74) is 13.6. The van der Waals surface area contributed by atoms with Gasteiger partial charge in [0.05, 0.1) is 22.4 Å². The molecule has 0 unspecified atom stereocenters. The molecular weight excluding hydrogens is 558 g/mol. The minimum absolute atomic E-state index is 0.936. The molecule has 0 aliphatic heterocycles. The second-order valence-electron chi connectivity index (χ2n) is 11.7. The molecule has 0 bridgehead atoms. The number of aromatic nitrogens is 3. The van der Waals surface area contributed by atoms with Crippen molar-refractivity contribution in [3.05, 3.63) is 176 Å². The van der Waals surface area contributed by atoms with E-state index in [0.717, 1.165) is 33.8 Å². The topological polar surface area (TPSA) is 22.2 Å². The van der Waals surface area contributed by atoms with Crippen LogP contribution in [0.1, 0.15) is 0 Å². The quantitative estimate of drug-likeness (QED) is 0.196. The number of pyridine rings is 1. The average molecular weight is 588 g/mol. The first-order valence-corrected chi connectivity index (χ1v) is 15.6. The van der Waals surface area contributed by atoms with Gasteiger partial charge in [-0.15, -0.1) is 0 Å². The first-order valence-electron chi connectivity index (χ1n) is 15.6. The molecule has 0 saturated heterocycles. The molecular formula is C43H29N3. The summed E-state index contributed by atoms with van der Waals surface area (Å²) in [4.78, 5) is 5.04. The number of imidazole rings is 1. The van der Waals surface area contributed by atoms with Crippen LogP contribution in [-0.2, 0) is 0 Å². The number of hydrogen-bond donors (Lipinski definition) is 0. The minimum atomic E-state index is 0.936. The molecule has 3 nitrogen and oxygen atoms in total. The molecule has 0 fully saturated rings. The van der Waals surface area contributed by atoms with Gasteiger partial charge in [-0.05, 0) is 70.8 Å². The highest BCUT2D eigenvalue weighted by molar-refractivity contribution is 6.11. The fraction of sp³-hybridized carbons (Fsp3) is 0. The normalized spacial score (nSPS) is 11.5. The Hall–Kier alpha value is -6.19. The standard InChI is InChI=1S/C43H29N3/c1-4-12-30(13-5-1)34-21-25-39-37(28-34)38-29-35(31-14-6-2-7-15-31)22-26-40(38)46(39)36-23-19-33(20-24-36)43-42(32-16-8-3-9-17-32)44-41-18-10-11-27-45(41)43/h1-29H. The van der Waals surface area contributed by atoms with Crippen LogP contribution in [0.25, 0.3) is 77.9 Å². The molecule has 0 spiro atoms. The Morgan fingerprint density at radius 3 is 1.46 bits per heavy atom. The Balaban J connectivity index is 1.23. The minimum Gasteiger partial charge on any atom is -0.309 e. The van der Waals surface area contributed by atoms with Gasteiger partial charge in [0.1, 0.15) is 5.65 Å². The van der Waals surface area contributed by atoms with E-state index in [1.807, 2.05) is 12.1 Å². The van der Waals surface area contributed by atoms with E-state index in [1.165, 1.54) is 44.1 Å². The summed E-state index contributed by atoms with van der Waals surface area (Å²) in [6, 6.07) is 60.5. The van der Waals surface area contributed by atoms with Crippen molar-refractivity contribution in [3.63, 3.8) is 0 Å². The van der Waals surface area contributed by atoms with Gasteiger partial charge in [-0.3, -0.25) is 4.40 Å². The van der Waals surface area contributed by atoms with E-state index in [2.05, 4.69) is 173 Å². The zero-order valence-electron chi connectivity index (χ0n) is 25.1. The fourth-order valence-electron chi connectivity index (χ4n) is 6.76. The van der Waals surface area contributed by atoms with E-state index in [1.54, 1.807) is 0 Å². The lowest BCUT2D eigenvalue weighted by atomic mass is 10.0. The Kier molecular flexibility index (Phi) is 6.14. The summed E-state index contributed by atoms with van der Waals surface area (Å²) in [6.07, 6.45) is 2.10. The van der Waals surface area contributed by atoms with Crippen LogP contribution in [0.4, 0.5) is 0 Å². The van der Waals surface area contributed by atoms with Crippen molar-refractivity contribution in [2.75, 3.05) is 0 Å². The van der Waals surface area contributed by atoms with E-state index in [4.69, 9.17) is 4.98 Å². The third kappa shape index (κ3) is 4.33. The Morgan fingerprint density at radius 1 is 0.391 bits per heavy atom. The molecule has 0 saturated carbocycles. The van der Waals surface area contributed by atoms with E-state index in [0.29, 0.717) is 0 Å². The van der Waals surface area contributed by atoms with Crippen LogP contribution in [0, 0.1) is 0 Å². The predicted octanol–water partition coefficient (Wildman–Crippen LogP) is 11.1. The first kappa shape index (κ1) is 26.2. The summed E-state index contributed by atoms with van der Waals surface area (Å²) >= 11 is 0. The van der Waals surface area contributed by atoms with Crippen molar-refractivity contribution in [2.45, 2.75) is 0 Å². The van der Waals surface area contributed by atoms with E-state index in [-0.39, 0.29) is 0 Å². The number of benzene rings is 6. The third-order valence-electron chi connectivity index (χ3n) is 8.96. The van der Waals surface area contributed by atoms with E-state index >= 15 is 0 Å². The van der Waals surface area contributed by atoms with Gasteiger partial charge >= 0.3 is 0 Å². The van der Waals surface area contributed by atoms with Crippen molar-refractivity contribution in [2.24, 2.45) is 0 Å². The van der Waals surface area contributed by atoms with Crippen LogP contribution in [-0.4, -0.2) is 14.0 Å². The predicted molar refractivity (Wildman–Crippen MR) is 191 cm³/mol. The monoisotopic (exact) mass is 587 g/mol. The second kappa shape index (κ2) is 10.8.